The fourth-order valence-electron chi connectivity index (χ4n) is 11.2. The molecule has 0 spiro atoms. The molecule has 1 aliphatic carbocycles. The van der Waals surface area contributed by atoms with E-state index in [1.165, 1.54) is 14.2 Å². The number of carbonyl (C=O) groups is 4. The van der Waals surface area contributed by atoms with Crippen molar-refractivity contribution in [3.05, 3.63) is 117 Å². The summed E-state index contributed by atoms with van der Waals surface area (Å²) in [5.41, 5.74) is 20.5. The molecule has 22 heteroatoms. The van der Waals surface area contributed by atoms with Gasteiger partial charge in [0.1, 0.15) is 45.8 Å². The maximum atomic E-state index is 12.8. The topological polar surface area (TPSA) is 296 Å². The number of aromatic nitrogens is 6. The number of fused-ring (bicyclic) bond motifs is 8. The summed E-state index contributed by atoms with van der Waals surface area (Å²) in [5.74, 6) is 4.08. The first-order chi connectivity index (χ1) is 45.0. The number of hydrogen-bond acceptors (Lipinski definition) is 20. The van der Waals surface area contributed by atoms with Crippen molar-refractivity contribution in [3.63, 3.8) is 0 Å². The van der Waals surface area contributed by atoms with Crippen molar-refractivity contribution in [2.24, 2.45) is 0 Å². The molecule has 0 saturated heterocycles. The van der Waals surface area contributed by atoms with Crippen LogP contribution < -0.4 is 41.0 Å². The molecule has 2 heterocycles. The van der Waals surface area contributed by atoms with E-state index >= 15 is 0 Å². The lowest BCUT2D eigenvalue weighted by Gasteiger charge is -2.24. The Morgan fingerprint density at radius 3 is 1.05 bits per heavy atom. The molecule has 0 aliphatic heterocycles. The number of nitrogens with two attached hydrogens (primary N) is 2. The van der Waals surface area contributed by atoms with Crippen LogP contribution in [0.1, 0.15) is 202 Å². The molecule has 0 unspecified atom stereocenters. The summed E-state index contributed by atoms with van der Waals surface area (Å²) in [6, 6.07) is 19.9. The van der Waals surface area contributed by atoms with Crippen molar-refractivity contribution in [3.8, 4) is 45.8 Å². The van der Waals surface area contributed by atoms with Gasteiger partial charge in [-0.1, -0.05) is 76.9 Å². The van der Waals surface area contributed by atoms with Gasteiger partial charge in [0.2, 0.25) is 11.9 Å². The lowest BCUT2D eigenvalue weighted by Crippen LogP contribution is -2.40. The number of methoxy groups -OCH3 is 2. The van der Waals surface area contributed by atoms with Gasteiger partial charge >= 0.3 is 24.1 Å². The van der Waals surface area contributed by atoms with Crippen LogP contribution in [-0.2, 0) is 67.1 Å². The minimum atomic E-state index is -0.711. The van der Waals surface area contributed by atoms with Crippen LogP contribution in [0.2, 0.25) is 0 Å². The van der Waals surface area contributed by atoms with Gasteiger partial charge in [0.25, 0.3) is 0 Å². The van der Waals surface area contributed by atoms with Gasteiger partial charge in [0.15, 0.2) is 11.6 Å². The molecule has 6 N–H and O–H groups in total. The van der Waals surface area contributed by atoms with Crippen LogP contribution in [0.25, 0.3) is 22.8 Å². The Kier molecular flexibility index (Phi) is 27.0. The van der Waals surface area contributed by atoms with Crippen molar-refractivity contribution >= 4 is 36.0 Å². The van der Waals surface area contributed by atoms with Gasteiger partial charge in [-0.15, -0.1) is 0 Å². The molecule has 0 fully saturated rings. The molecule has 2 aromatic heterocycles. The highest BCUT2D eigenvalue weighted by atomic mass is 16.6. The number of hydrogen-bond donors (Lipinski definition) is 4. The number of nitrogens with one attached hydrogen (secondary N) is 2. The fraction of sp³-hybridized carbons (Fsp3) is 0.528. The number of nitrogens with zero attached hydrogens (tertiary/aromatic N) is 6. The number of aryl methyl sites for hydroxylation is 2. The van der Waals surface area contributed by atoms with E-state index in [2.05, 4.69) is 109 Å². The first kappa shape index (κ1) is 72.6. The minimum absolute atomic E-state index is 0.00738. The molecule has 6 aromatic rings. The van der Waals surface area contributed by atoms with Gasteiger partial charge in [-0.3, -0.25) is 9.59 Å². The summed E-state index contributed by atoms with van der Waals surface area (Å²) in [5, 5.41) is 5.69. The van der Waals surface area contributed by atoms with Gasteiger partial charge in [0.05, 0.1) is 53.5 Å². The standard InChI is InChI=1S/C72H98N10O12/c1-13-31-89-61-45-23-21-24-46(61)36-50-40-54(66-78-58(80-68(74)82-66)30-20-18-28-56(44-60(84)88-12)76-70(86)94-72(8,9)10)42-52(64(50)92-34-16-4)38-48-26-22-25-47(62(48)90-32-14-2)37-51-41-53(39-49(35-45)63(51)91-33-15-3)65-77-57(79-67(73)81-65)29-19-17-27-55(43-59(83)87-11)75-69(85)93-71(5,6)7/h21-26,39-42,55-56H,13-20,27-38,43-44H2,1-12H3,(H,75,85)(H,76,86)(H2,73,77,79,81)(H2,74,78,80,82)/t55-,56-/m0/s1. The number of nitrogen functional groups attached to an aromatic ring is 2. The third-order valence-electron chi connectivity index (χ3n) is 15.2. The minimum Gasteiger partial charge on any atom is -0.493 e. The van der Waals surface area contributed by atoms with Crippen LogP contribution in [0.15, 0.2) is 60.7 Å². The summed E-state index contributed by atoms with van der Waals surface area (Å²) >= 11 is 0. The van der Waals surface area contributed by atoms with E-state index in [0.29, 0.717) is 127 Å². The molecule has 2 atom stereocenters. The lowest BCUT2D eigenvalue weighted by atomic mass is 9.89. The first-order valence-electron chi connectivity index (χ1n) is 33.2. The number of para-hydroxylation sites is 2. The number of anilines is 2. The molecule has 1 aliphatic rings. The Labute approximate surface area is 554 Å². The average Bonchev–Trinajstić information content (AvgIpc) is 0.788. The van der Waals surface area contributed by atoms with Crippen LogP contribution in [0.3, 0.4) is 0 Å². The van der Waals surface area contributed by atoms with Crippen molar-refractivity contribution in [1.29, 1.82) is 0 Å². The second-order valence-electron chi connectivity index (χ2n) is 25.8. The molecule has 8 bridgehead atoms. The number of amides is 2. The van der Waals surface area contributed by atoms with E-state index in [9.17, 15) is 19.2 Å². The SMILES string of the molecule is CCCOc1c2cccc1Cc1cc(-c3nc(N)nc(CCCC[C@@H](CC(=O)OC)NC(=O)OC(C)(C)C)n3)cc(c1OCCC)Cc1cccc(c1OCCC)Cc1cc(-c3nc(N)nc(CCCC[C@@H](CC(=O)OC)NC(=O)OC(C)(C)C)n3)cc(c1OCCC)C2. The molecule has 0 saturated carbocycles. The van der Waals surface area contributed by atoms with Gasteiger partial charge in [-0.05, 0) is 162 Å². The summed E-state index contributed by atoms with van der Waals surface area (Å²) in [7, 11) is 2.64. The summed E-state index contributed by atoms with van der Waals surface area (Å²) in [6.45, 7) is 20.9. The largest absolute Gasteiger partial charge is 0.493 e. The highest BCUT2D eigenvalue weighted by molar-refractivity contribution is 5.74. The van der Waals surface area contributed by atoms with Crippen LogP contribution in [-0.4, -0.2) is 118 Å². The third kappa shape index (κ3) is 22.2. The van der Waals surface area contributed by atoms with E-state index in [1.54, 1.807) is 41.5 Å². The predicted octanol–water partition coefficient (Wildman–Crippen LogP) is 12.7. The molecular weight excluding hydrogens is 1200 g/mol. The molecule has 7 rings (SSSR count). The average molecular weight is 1300 g/mol. The zero-order chi connectivity index (χ0) is 68.0. The van der Waals surface area contributed by atoms with E-state index in [1.807, 2.05) is 0 Å². The second kappa shape index (κ2) is 34.9. The second-order valence-corrected chi connectivity index (χ2v) is 25.8. The Balaban J connectivity index is 1.31. The number of benzene rings is 4. The van der Waals surface area contributed by atoms with Crippen LogP contribution >= 0.6 is 0 Å². The molecule has 508 valence electrons. The van der Waals surface area contributed by atoms with Crippen molar-refractivity contribution in [2.45, 2.75) is 208 Å². The number of alkyl carbamates (subject to hydrolysis) is 2. The number of esters is 2. The van der Waals surface area contributed by atoms with E-state index in [-0.39, 0.29) is 24.7 Å². The maximum absolute atomic E-state index is 12.8. The summed E-state index contributed by atoms with van der Waals surface area (Å²) in [6.07, 6.45) is 7.84. The highest BCUT2D eigenvalue weighted by Gasteiger charge is 2.28. The van der Waals surface area contributed by atoms with Gasteiger partial charge in [0, 0.05) is 61.7 Å². The van der Waals surface area contributed by atoms with Crippen molar-refractivity contribution < 1.29 is 57.1 Å². The zero-order valence-electron chi connectivity index (χ0n) is 57.2. The summed E-state index contributed by atoms with van der Waals surface area (Å²) in [4.78, 5) is 79.2. The lowest BCUT2D eigenvalue weighted by molar-refractivity contribution is -0.142. The number of carbonyl (C=O) groups excluding carboxylic acids is 4. The smallest absolute Gasteiger partial charge is 0.407 e. The quantitative estimate of drug-likeness (QED) is 0.0185. The van der Waals surface area contributed by atoms with E-state index in [4.69, 9.17) is 69.3 Å². The van der Waals surface area contributed by atoms with Gasteiger partial charge in [-0.2, -0.15) is 19.9 Å². The first-order valence-corrected chi connectivity index (χ1v) is 33.2. The number of unbranched alkanes of at least 4 members (excludes halogenated alkanes) is 2. The predicted molar refractivity (Wildman–Crippen MR) is 361 cm³/mol. The molecule has 4 aromatic carbocycles. The van der Waals surface area contributed by atoms with Crippen LogP contribution in [0.4, 0.5) is 21.5 Å². The normalized spacial score (nSPS) is 12.8. The molecular formula is C72H98N10O12. The zero-order valence-corrected chi connectivity index (χ0v) is 57.2. The van der Waals surface area contributed by atoms with Crippen molar-refractivity contribution in [2.75, 3.05) is 52.1 Å². The molecule has 2 amide bonds. The molecule has 0 radical (unpaired) electrons. The van der Waals surface area contributed by atoms with E-state index < -0.39 is 47.4 Å². The number of ether oxygens (including phenoxy) is 8. The Morgan fingerprint density at radius 1 is 0.457 bits per heavy atom. The maximum Gasteiger partial charge on any atom is 0.407 e. The monoisotopic (exact) mass is 1290 g/mol. The Bertz CT molecular complexity index is 3210. The van der Waals surface area contributed by atoms with Gasteiger partial charge < -0.3 is 60.0 Å². The Morgan fingerprint density at radius 2 is 0.766 bits per heavy atom. The van der Waals surface area contributed by atoms with Crippen LogP contribution in [0.5, 0.6) is 23.0 Å². The number of rotatable bonds is 30. The van der Waals surface area contributed by atoms with Gasteiger partial charge in [-0.25, -0.2) is 19.6 Å². The molecule has 22 nitrogen and oxygen atoms in total. The summed E-state index contributed by atoms with van der Waals surface area (Å²) < 4.78 is 48.4. The Hall–Kier alpha value is -8.82. The molecule has 94 heavy (non-hydrogen) atoms. The third-order valence-corrected chi connectivity index (χ3v) is 15.2. The fourth-order valence-corrected chi connectivity index (χ4v) is 11.2. The van der Waals surface area contributed by atoms with Crippen molar-refractivity contribution in [1.82, 2.24) is 40.5 Å². The van der Waals surface area contributed by atoms with E-state index in [0.717, 1.165) is 104 Å². The van der Waals surface area contributed by atoms with Crippen LogP contribution in [0, 0.1) is 0 Å². The highest BCUT2D eigenvalue weighted by Crippen LogP contribution is 2.42.